The Kier molecular flexibility index (Phi) is 37.8. The van der Waals surface area contributed by atoms with Crippen LogP contribution in [0.1, 0.15) is 162 Å². The van der Waals surface area contributed by atoms with E-state index in [2.05, 4.69) is 35.8 Å². The first-order chi connectivity index (χ1) is 33.5. The van der Waals surface area contributed by atoms with E-state index in [9.17, 15) is 58.9 Å². The van der Waals surface area contributed by atoms with Gasteiger partial charge in [-0.25, -0.2) is 9.13 Å². The average molecular weight is 1030 g/mol. The highest BCUT2D eigenvalue weighted by Crippen LogP contribution is 2.49. The minimum Gasteiger partial charge on any atom is -0.462 e. The lowest BCUT2D eigenvalue weighted by Crippen LogP contribution is -2.64. The molecular formula is C51H86O17P2. The molecular weight excluding hydrogens is 946 g/mol. The number of aliphatic hydroxyl groups excluding tert-OH is 5. The summed E-state index contributed by atoms with van der Waals surface area (Å²) in [7, 11) is -10.7. The first-order valence-corrected chi connectivity index (χ1v) is 28.3. The zero-order valence-corrected chi connectivity index (χ0v) is 43.3. The number of allylic oxidation sites excluding steroid dienone is 12. The van der Waals surface area contributed by atoms with Gasteiger partial charge in [0.15, 0.2) is 6.10 Å². The standard InChI is InChI=1S/C51H86O17P2/c1-3-5-7-8-9-10-11-12-13-14-15-16-17-18-22-25-28-31-34-38-44(53)64-40-43(41-65-70(62,63)68-51-48(57)46(55)47(56)50(49(51)58)67-69(59,60)61)66-45(54)39-35-32-29-26-23-20-19-21-24-27-30-33-37-42(52)36-6-4-2/h6,9-10,12-13,19-20,24,26-27,29-30,33,36,42-43,46-52,55-58H,3-5,7-8,11,14-18,21-23,25,28,31-32,34-35,37-41H2,1-2H3,(H,62,63)(H2,59,60,61)/b10-9-,13-12-,20-19-,27-24-,29-26-,33-30+,36-6-/t42?,43-,46?,47?,48?,49?,50-,51+/m1/s1. The van der Waals surface area contributed by atoms with Gasteiger partial charge < -0.3 is 49.7 Å². The number of phosphoric ester groups is 2. The Bertz CT molecular complexity index is 1690. The molecule has 8 N–H and O–H groups in total. The molecule has 0 bridgehead atoms. The van der Waals surface area contributed by atoms with Gasteiger partial charge in [-0.1, -0.05) is 157 Å². The quantitative estimate of drug-likeness (QED) is 0.00932. The number of unbranched alkanes of at least 4 members (excludes halogenated alkanes) is 13. The lowest BCUT2D eigenvalue weighted by atomic mass is 9.85. The Hall–Kier alpha value is -2.86. The molecule has 0 heterocycles. The molecule has 0 radical (unpaired) electrons. The van der Waals surface area contributed by atoms with Gasteiger partial charge in [-0.05, 0) is 77.0 Å². The summed E-state index contributed by atoms with van der Waals surface area (Å²) in [5.41, 5.74) is 0. The van der Waals surface area contributed by atoms with E-state index < -0.39 is 89.6 Å². The normalized spacial score (nSPS) is 22.1. The number of carbonyl (C=O) groups is 2. The molecule has 1 rings (SSSR count). The van der Waals surface area contributed by atoms with Crippen LogP contribution >= 0.6 is 15.6 Å². The molecule has 1 fully saturated rings. The van der Waals surface area contributed by atoms with Crippen molar-refractivity contribution in [1.82, 2.24) is 0 Å². The SMILES string of the molecule is CC/C=C\C(O)C/C=C/C=C\C/C=C\C/C=C\CCCC(=O)O[C@H](COC(=O)CCCCCCCCCCC/C=C\C/C=C\CCCCC)COP(=O)(O)O[C@H]1C(O)C(O)C(O)[C@@H](OP(=O)(O)O)C1O. The summed E-state index contributed by atoms with van der Waals surface area (Å²) in [6.07, 6.45) is 33.0. The maximum absolute atomic E-state index is 13.0. The van der Waals surface area contributed by atoms with Crippen LogP contribution in [0.5, 0.6) is 0 Å². The van der Waals surface area contributed by atoms with E-state index >= 15 is 0 Å². The molecule has 0 aromatic carbocycles. The smallest absolute Gasteiger partial charge is 0.462 e. The van der Waals surface area contributed by atoms with Gasteiger partial charge in [-0.2, -0.15) is 0 Å². The van der Waals surface area contributed by atoms with Crippen LogP contribution in [-0.2, 0) is 41.8 Å². The van der Waals surface area contributed by atoms with Crippen molar-refractivity contribution in [2.24, 2.45) is 0 Å². The first-order valence-electron chi connectivity index (χ1n) is 25.2. The number of phosphoric acid groups is 2. The van der Waals surface area contributed by atoms with Crippen LogP contribution in [0.2, 0.25) is 0 Å². The number of esters is 2. The van der Waals surface area contributed by atoms with Gasteiger partial charge in [-0.15, -0.1) is 0 Å². The average Bonchev–Trinajstić information content (AvgIpc) is 3.31. The van der Waals surface area contributed by atoms with Crippen molar-refractivity contribution in [1.29, 1.82) is 0 Å². The second kappa shape index (κ2) is 40.6. The molecule has 0 amide bonds. The summed E-state index contributed by atoms with van der Waals surface area (Å²) in [5.74, 6) is -1.31. The highest BCUT2D eigenvalue weighted by molar-refractivity contribution is 7.47. The molecule has 0 aromatic rings. The molecule has 1 aliphatic rings. The van der Waals surface area contributed by atoms with Crippen LogP contribution in [0.15, 0.2) is 85.1 Å². The number of hydrogen-bond acceptors (Lipinski definition) is 14. The van der Waals surface area contributed by atoms with Crippen LogP contribution < -0.4 is 0 Å². The molecule has 19 heteroatoms. The molecule has 0 saturated heterocycles. The second-order valence-corrected chi connectivity index (χ2v) is 19.9. The zero-order valence-electron chi connectivity index (χ0n) is 41.5. The van der Waals surface area contributed by atoms with E-state index in [0.29, 0.717) is 32.1 Å². The predicted molar refractivity (Wildman–Crippen MR) is 270 cm³/mol. The summed E-state index contributed by atoms with van der Waals surface area (Å²) in [6.45, 7) is 2.80. The van der Waals surface area contributed by atoms with Crippen LogP contribution in [0.25, 0.3) is 0 Å². The summed E-state index contributed by atoms with van der Waals surface area (Å²) >= 11 is 0. The van der Waals surface area contributed by atoms with Gasteiger partial charge >= 0.3 is 27.6 Å². The Labute approximate surface area is 416 Å². The van der Waals surface area contributed by atoms with Crippen LogP contribution in [-0.4, -0.2) is 114 Å². The molecule has 1 saturated carbocycles. The highest BCUT2D eigenvalue weighted by Gasteiger charge is 2.54. The minimum absolute atomic E-state index is 0.0571. The Morgan fingerprint density at radius 1 is 0.543 bits per heavy atom. The molecule has 70 heavy (non-hydrogen) atoms. The van der Waals surface area contributed by atoms with Crippen LogP contribution in [0, 0.1) is 0 Å². The Balaban J connectivity index is 2.61. The Morgan fingerprint density at radius 3 is 1.63 bits per heavy atom. The monoisotopic (exact) mass is 1030 g/mol. The van der Waals surface area contributed by atoms with E-state index in [1.807, 2.05) is 61.6 Å². The van der Waals surface area contributed by atoms with Crippen molar-refractivity contribution < 1.29 is 82.0 Å². The van der Waals surface area contributed by atoms with Crippen molar-refractivity contribution in [3.8, 4) is 0 Å². The fraction of sp³-hybridized carbons (Fsp3) is 0.686. The highest BCUT2D eigenvalue weighted by atomic mass is 31.2. The summed E-state index contributed by atoms with van der Waals surface area (Å²) in [5, 5.41) is 51.1. The van der Waals surface area contributed by atoms with E-state index in [1.54, 1.807) is 6.08 Å². The van der Waals surface area contributed by atoms with E-state index in [4.69, 9.17) is 18.5 Å². The molecule has 0 aromatic heterocycles. The summed E-state index contributed by atoms with van der Waals surface area (Å²) in [4.78, 5) is 54.4. The van der Waals surface area contributed by atoms with E-state index in [1.165, 1.54) is 38.5 Å². The molecule has 9 atom stereocenters. The number of aliphatic hydroxyl groups is 5. The van der Waals surface area contributed by atoms with Gasteiger partial charge in [0.25, 0.3) is 0 Å². The third kappa shape index (κ3) is 34.5. The largest absolute Gasteiger partial charge is 0.472 e. The number of carbonyl (C=O) groups excluding carboxylic acids is 2. The van der Waals surface area contributed by atoms with Crippen LogP contribution in [0.3, 0.4) is 0 Å². The van der Waals surface area contributed by atoms with Gasteiger partial charge in [-0.3, -0.25) is 23.2 Å². The molecule has 0 spiro atoms. The minimum atomic E-state index is -5.38. The maximum Gasteiger partial charge on any atom is 0.472 e. The second-order valence-electron chi connectivity index (χ2n) is 17.3. The molecule has 402 valence electrons. The van der Waals surface area contributed by atoms with Gasteiger partial charge in [0.2, 0.25) is 0 Å². The van der Waals surface area contributed by atoms with E-state index in [0.717, 1.165) is 64.2 Å². The van der Waals surface area contributed by atoms with Crippen molar-refractivity contribution in [2.45, 2.75) is 210 Å². The third-order valence-corrected chi connectivity index (χ3v) is 12.5. The van der Waals surface area contributed by atoms with E-state index in [-0.39, 0.29) is 12.8 Å². The lowest BCUT2D eigenvalue weighted by Gasteiger charge is -2.43. The van der Waals surface area contributed by atoms with Crippen molar-refractivity contribution in [2.75, 3.05) is 13.2 Å². The Morgan fingerprint density at radius 2 is 1.04 bits per heavy atom. The molecule has 0 aliphatic heterocycles. The first kappa shape index (κ1) is 65.2. The van der Waals surface area contributed by atoms with Gasteiger partial charge in [0.1, 0.15) is 43.2 Å². The molecule has 17 nitrogen and oxygen atoms in total. The lowest BCUT2D eigenvalue weighted by molar-refractivity contribution is -0.216. The zero-order chi connectivity index (χ0) is 51.9. The molecule has 6 unspecified atom stereocenters. The fourth-order valence-corrected chi connectivity index (χ4v) is 8.65. The van der Waals surface area contributed by atoms with Gasteiger partial charge in [0, 0.05) is 12.8 Å². The topological polar surface area (TPSA) is 276 Å². The number of ether oxygens (including phenoxy) is 2. The van der Waals surface area contributed by atoms with Crippen molar-refractivity contribution in [3.05, 3.63) is 85.1 Å². The maximum atomic E-state index is 13.0. The number of rotatable bonds is 41. The third-order valence-electron chi connectivity index (χ3n) is 11.0. The molecule has 1 aliphatic carbocycles. The van der Waals surface area contributed by atoms with Gasteiger partial charge in [0.05, 0.1) is 12.7 Å². The van der Waals surface area contributed by atoms with Crippen LogP contribution in [0.4, 0.5) is 0 Å². The predicted octanol–water partition coefficient (Wildman–Crippen LogP) is 9.15. The summed E-state index contributed by atoms with van der Waals surface area (Å²) < 4.78 is 49.4. The summed E-state index contributed by atoms with van der Waals surface area (Å²) in [6, 6.07) is 0. The van der Waals surface area contributed by atoms with Crippen molar-refractivity contribution >= 4 is 27.6 Å². The fourth-order valence-electron chi connectivity index (χ4n) is 7.11. The number of hydrogen-bond donors (Lipinski definition) is 8. The van der Waals surface area contributed by atoms with Crippen molar-refractivity contribution in [3.63, 3.8) is 0 Å².